The molecule has 0 spiro atoms. The van der Waals surface area contributed by atoms with Crippen LogP contribution in [-0.2, 0) is 13.0 Å². The van der Waals surface area contributed by atoms with Crippen LogP contribution < -0.4 is 16.2 Å². The summed E-state index contributed by atoms with van der Waals surface area (Å²) in [5.41, 5.74) is 2.21. The topological polar surface area (TPSA) is 74.0 Å². The Kier molecular flexibility index (Phi) is 6.15. The van der Waals surface area contributed by atoms with Gasteiger partial charge in [0, 0.05) is 34.4 Å². The number of carbonyl (C=O) groups excluding carboxylic acids is 1. The number of rotatable bonds is 5. The van der Waals surface area contributed by atoms with Crippen molar-refractivity contribution in [1.82, 2.24) is 15.6 Å². The number of H-pyrrole nitrogens is 1. The van der Waals surface area contributed by atoms with E-state index in [2.05, 4.69) is 31.5 Å². The molecule has 2 aliphatic rings. The number of fused-ring (bicyclic) bond motifs is 1. The summed E-state index contributed by atoms with van der Waals surface area (Å²) in [6.07, 6.45) is 6.74. The Hall–Kier alpha value is -1.99. The fraction of sp³-hybridized carbons (Fsp3) is 0.455. The predicted octanol–water partition coefficient (Wildman–Crippen LogP) is 4.12. The minimum atomic E-state index is -0.335. The first-order valence-corrected chi connectivity index (χ1v) is 11.0. The van der Waals surface area contributed by atoms with Gasteiger partial charge in [0.15, 0.2) is 0 Å². The summed E-state index contributed by atoms with van der Waals surface area (Å²) in [6, 6.07) is 6.73. The number of nitrogens with one attached hydrogen (secondary N) is 3. The van der Waals surface area contributed by atoms with Gasteiger partial charge in [-0.05, 0) is 61.9 Å². The van der Waals surface area contributed by atoms with Crippen LogP contribution >= 0.6 is 15.9 Å². The predicted molar refractivity (Wildman–Crippen MR) is 113 cm³/mol. The third-order valence-corrected chi connectivity index (χ3v) is 6.43. The standard InChI is InChI=1S/C22H25BrFN3O2/c23-14-8-9-18(24)13(10-14)12-25-19-6-3-7-20-16(19)11-17(22(29)27-20)21(28)26-15-4-1-2-5-15/h8-11,15,19,25H,1-7,12H2,(H,26,28)(H,27,29). The van der Waals surface area contributed by atoms with Gasteiger partial charge in [0.05, 0.1) is 0 Å². The number of carbonyl (C=O) groups is 1. The molecule has 5 nitrogen and oxygen atoms in total. The molecule has 3 N–H and O–H groups in total. The maximum atomic E-state index is 14.1. The lowest BCUT2D eigenvalue weighted by atomic mass is 9.90. The maximum absolute atomic E-state index is 14.1. The zero-order valence-corrected chi connectivity index (χ0v) is 17.8. The van der Waals surface area contributed by atoms with Gasteiger partial charge in [0.1, 0.15) is 11.4 Å². The Balaban J connectivity index is 1.54. The second kappa shape index (κ2) is 8.79. The first kappa shape index (κ1) is 20.3. The van der Waals surface area contributed by atoms with E-state index in [0.29, 0.717) is 12.1 Å². The molecule has 154 valence electrons. The zero-order valence-electron chi connectivity index (χ0n) is 16.2. The van der Waals surface area contributed by atoms with E-state index < -0.39 is 0 Å². The second-order valence-corrected chi connectivity index (χ2v) is 8.88. The van der Waals surface area contributed by atoms with E-state index in [4.69, 9.17) is 0 Å². The average Bonchev–Trinajstić information content (AvgIpc) is 3.21. The lowest BCUT2D eigenvalue weighted by molar-refractivity contribution is 0.0936. The van der Waals surface area contributed by atoms with Gasteiger partial charge in [-0.25, -0.2) is 4.39 Å². The number of aromatic nitrogens is 1. The van der Waals surface area contributed by atoms with E-state index in [1.165, 1.54) is 6.07 Å². The molecule has 0 bridgehead atoms. The van der Waals surface area contributed by atoms with Crippen molar-refractivity contribution in [3.05, 3.63) is 67.3 Å². The van der Waals surface area contributed by atoms with Crippen molar-refractivity contribution < 1.29 is 9.18 Å². The number of aryl methyl sites for hydroxylation is 1. The van der Waals surface area contributed by atoms with Crippen molar-refractivity contribution in [3.63, 3.8) is 0 Å². The van der Waals surface area contributed by atoms with E-state index in [9.17, 15) is 14.0 Å². The SMILES string of the molecule is O=C(NC1CCCC1)c1cc2c([nH]c1=O)CCCC2NCc1cc(Br)ccc1F. The molecular formula is C22H25BrFN3O2. The van der Waals surface area contributed by atoms with Crippen LogP contribution in [-0.4, -0.2) is 16.9 Å². The second-order valence-electron chi connectivity index (χ2n) is 7.96. The summed E-state index contributed by atoms with van der Waals surface area (Å²) in [5, 5.41) is 6.40. The van der Waals surface area contributed by atoms with E-state index in [1.807, 2.05) is 0 Å². The van der Waals surface area contributed by atoms with Gasteiger partial charge in [0.25, 0.3) is 11.5 Å². The van der Waals surface area contributed by atoms with Gasteiger partial charge in [-0.3, -0.25) is 9.59 Å². The molecule has 1 heterocycles. The quantitative estimate of drug-likeness (QED) is 0.626. The maximum Gasteiger partial charge on any atom is 0.261 e. The first-order chi connectivity index (χ1) is 14.0. The minimum absolute atomic E-state index is 0.0352. The molecule has 7 heteroatoms. The van der Waals surface area contributed by atoms with Crippen molar-refractivity contribution >= 4 is 21.8 Å². The fourth-order valence-electron chi connectivity index (χ4n) is 4.37. The average molecular weight is 462 g/mol. The number of pyridine rings is 1. The summed E-state index contributed by atoms with van der Waals surface area (Å²) in [5.74, 6) is -0.557. The molecule has 4 rings (SSSR count). The van der Waals surface area contributed by atoms with Crippen LogP contribution in [0.2, 0.25) is 0 Å². The Labute approximate surface area is 177 Å². The fourth-order valence-corrected chi connectivity index (χ4v) is 4.78. The highest BCUT2D eigenvalue weighted by Gasteiger charge is 2.25. The minimum Gasteiger partial charge on any atom is -0.349 e. The Morgan fingerprint density at radius 1 is 1.17 bits per heavy atom. The molecule has 1 atom stereocenters. The van der Waals surface area contributed by atoms with Crippen LogP contribution in [0.1, 0.15) is 71.7 Å². The molecular weight excluding hydrogens is 437 g/mol. The van der Waals surface area contributed by atoms with Crippen LogP contribution in [0.5, 0.6) is 0 Å². The number of halogens is 2. The lowest BCUT2D eigenvalue weighted by Gasteiger charge is -2.27. The van der Waals surface area contributed by atoms with Gasteiger partial charge in [-0.2, -0.15) is 0 Å². The van der Waals surface area contributed by atoms with Crippen molar-refractivity contribution in [2.45, 2.75) is 63.6 Å². The number of hydrogen-bond donors (Lipinski definition) is 3. The highest BCUT2D eigenvalue weighted by molar-refractivity contribution is 9.10. The van der Waals surface area contributed by atoms with Gasteiger partial charge in [-0.15, -0.1) is 0 Å². The van der Waals surface area contributed by atoms with Gasteiger partial charge >= 0.3 is 0 Å². The third kappa shape index (κ3) is 4.61. The van der Waals surface area contributed by atoms with Crippen LogP contribution in [0.25, 0.3) is 0 Å². The molecule has 1 amide bonds. The zero-order chi connectivity index (χ0) is 20.4. The van der Waals surface area contributed by atoms with Crippen molar-refractivity contribution in [3.8, 4) is 0 Å². The number of amides is 1. The van der Waals surface area contributed by atoms with Gasteiger partial charge in [-0.1, -0.05) is 28.8 Å². The molecule has 0 aliphatic heterocycles. The van der Waals surface area contributed by atoms with E-state index in [0.717, 1.165) is 60.7 Å². The van der Waals surface area contributed by atoms with Crippen LogP contribution in [0.15, 0.2) is 33.5 Å². The summed E-state index contributed by atoms with van der Waals surface area (Å²) in [6.45, 7) is 0.373. The smallest absolute Gasteiger partial charge is 0.261 e. The first-order valence-electron chi connectivity index (χ1n) is 10.3. The molecule has 2 aliphatic carbocycles. The van der Waals surface area contributed by atoms with Crippen LogP contribution in [0.3, 0.4) is 0 Å². The van der Waals surface area contributed by atoms with Gasteiger partial charge < -0.3 is 15.6 Å². The Morgan fingerprint density at radius 3 is 2.76 bits per heavy atom. The number of hydrogen-bond acceptors (Lipinski definition) is 3. The molecule has 0 saturated heterocycles. The summed E-state index contributed by atoms with van der Waals surface area (Å²) < 4.78 is 14.9. The van der Waals surface area contributed by atoms with Crippen molar-refractivity contribution in [1.29, 1.82) is 0 Å². The molecule has 1 unspecified atom stereocenters. The molecule has 1 aromatic heterocycles. The third-order valence-electron chi connectivity index (χ3n) is 5.93. The van der Waals surface area contributed by atoms with Crippen molar-refractivity contribution in [2.24, 2.45) is 0 Å². The van der Waals surface area contributed by atoms with E-state index in [-0.39, 0.29) is 34.9 Å². The summed E-state index contributed by atoms with van der Waals surface area (Å²) in [7, 11) is 0. The normalized spacial score (nSPS) is 19.2. The molecule has 1 saturated carbocycles. The van der Waals surface area contributed by atoms with E-state index >= 15 is 0 Å². The molecule has 1 fully saturated rings. The monoisotopic (exact) mass is 461 g/mol. The Morgan fingerprint density at radius 2 is 1.97 bits per heavy atom. The van der Waals surface area contributed by atoms with Crippen LogP contribution in [0.4, 0.5) is 4.39 Å². The number of benzene rings is 1. The van der Waals surface area contributed by atoms with E-state index in [1.54, 1.807) is 18.2 Å². The summed E-state index contributed by atoms with van der Waals surface area (Å²) >= 11 is 3.38. The molecule has 2 aromatic rings. The van der Waals surface area contributed by atoms with Gasteiger partial charge in [0.2, 0.25) is 0 Å². The molecule has 0 radical (unpaired) electrons. The highest BCUT2D eigenvalue weighted by atomic mass is 79.9. The number of aromatic amines is 1. The lowest BCUT2D eigenvalue weighted by Crippen LogP contribution is -2.37. The Bertz CT molecular complexity index is 969. The summed E-state index contributed by atoms with van der Waals surface area (Å²) in [4.78, 5) is 28.1. The van der Waals surface area contributed by atoms with Crippen LogP contribution in [0, 0.1) is 5.82 Å². The molecule has 29 heavy (non-hydrogen) atoms. The molecule has 1 aromatic carbocycles. The highest BCUT2D eigenvalue weighted by Crippen LogP contribution is 2.29. The largest absolute Gasteiger partial charge is 0.349 e. The van der Waals surface area contributed by atoms with Crippen molar-refractivity contribution in [2.75, 3.05) is 0 Å².